The summed E-state index contributed by atoms with van der Waals surface area (Å²) in [6.07, 6.45) is 3.87. The highest BCUT2D eigenvalue weighted by Crippen LogP contribution is 2.18. The van der Waals surface area contributed by atoms with E-state index in [2.05, 4.69) is 29.5 Å². The molecule has 0 aliphatic carbocycles. The molecule has 0 fully saturated rings. The van der Waals surface area contributed by atoms with Crippen molar-refractivity contribution < 1.29 is 0 Å². The van der Waals surface area contributed by atoms with E-state index < -0.39 is 0 Å². The van der Waals surface area contributed by atoms with Gasteiger partial charge in [0.15, 0.2) is 0 Å². The van der Waals surface area contributed by atoms with Crippen molar-refractivity contribution in [1.29, 1.82) is 0 Å². The minimum atomic E-state index is 0.243. The molecule has 2 heterocycles. The Balaban J connectivity index is 1.73. The van der Waals surface area contributed by atoms with E-state index in [1.54, 1.807) is 0 Å². The fraction of sp³-hybridized carbons (Fsp3) is 0.188. The number of nitrogens with one attached hydrogen (secondary N) is 1. The zero-order chi connectivity index (χ0) is 13.9. The summed E-state index contributed by atoms with van der Waals surface area (Å²) in [5.74, 6) is 0. The van der Waals surface area contributed by atoms with Gasteiger partial charge in [-0.15, -0.1) is 0 Å². The number of aromatic nitrogens is 2. The van der Waals surface area contributed by atoms with Crippen LogP contribution in [0, 0.1) is 0 Å². The smallest absolute Gasteiger partial charge is 0.0706 e. The zero-order valence-electron chi connectivity index (χ0n) is 11.3. The molecule has 3 rings (SSSR count). The van der Waals surface area contributed by atoms with Gasteiger partial charge in [0.2, 0.25) is 0 Å². The number of rotatable bonds is 4. The number of hydrogen-bond acceptors (Lipinski definition) is 2. The van der Waals surface area contributed by atoms with Crippen molar-refractivity contribution in [3.63, 3.8) is 0 Å². The minimum Gasteiger partial charge on any atom is -0.306 e. The average Bonchev–Trinajstić information content (AvgIpc) is 2.88. The largest absolute Gasteiger partial charge is 0.306 e. The standard InChI is InChI=1S/C16H16ClN3/c1-12(13-5-4-6-15(17)9-13)18-10-14-11-19-20-8-3-2-7-16(14)20/h2-9,11-12,18H,10H2,1H3/t12-/m1/s1. The highest BCUT2D eigenvalue weighted by molar-refractivity contribution is 6.30. The lowest BCUT2D eigenvalue weighted by Gasteiger charge is -2.14. The highest BCUT2D eigenvalue weighted by atomic mass is 35.5. The first-order chi connectivity index (χ1) is 9.74. The second kappa shape index (κ2) is 5.65. The van der Waals surface area contributed by atoms with Crippen LogP contribution in [0.25, 0.3) is 5.52 Å². The van der Waals surface area contributed by atoms with Gasteiger partial charge in [-0.05, 0) is 36.8 Å². The van der Waals surface area contributed by atoms with Crippen LogP contribution in [0.1, 0.15) is 24.1 Å². The number of fused-ring (bicyclic) bond motifs is 1. The minimum absolute atomic E-state index is 0.243. The Morgan fingerprint density at radius 3 is 3.00 bits per heavy atom. The van der Waals surface area contributed by atoms with E-state index in [-0.39, 0.29) is 6.04 Å². The van der Waals surface area contributed by atoms with Gasteiger partial charge in [-0.2, -0.15) is 5.10 Å². The average molecular weight is 286 g/mol. The monoisotopic (exact) mass is 285 g/mol. The molecule has 20 heavy (non-hydrogen) atoms. The number of hydrogen-bond donors (Lipinski definition) is 1. The van der Waals surface area contributed by atoms with Crippen molar-refractivity contribution in [2.24, 2.45) is 0 Å². The number of nitrogens with zero attached hydrogens (tertiary/aromatic N) is 2. The predicted octanol–water partition coefficient (Wildman–Crippen LogP) is 3.84. The lowest BCUT2D eigenvalue weighted by Crippen LogP contribution is -2.17. The van der Waals surface area contributed by atoms with Crippen LogP contribution in [0.3, 0.4) is 0 Å². The first-order valence-electron chi connectivity index (χ1n) is 6.64. The second-order valence-electron chi connectivity index (χ2n) is 4.86. The van der Waals surface area contributed by atoms with Gasteiger partial charge in [0.05, 0.1) is 11.7 Å². The van der Waals surface area contributed by atoms with Crippen LogP contribution in [0.4, 0.5) is 0 Å². The van der Waals surface area contributed by atoms with E-state index in [1.807, 2.05) is 47.2 Å². The van der Waals surface area contributed by atoms with Gasteiger partial charge in [0, 0.05) is 29.4 Å². The van der Waals surface area contributed by atoms with Crippen molar-refractivity contribution in [2.75, 3.05) is 0 Å². The Morgan fingerprint density at radius 2 is 2.15 bits per heavy atom. The van der Waals surface area contributed by atoms with Gasteiger partial charge in [-0.1, -0.05) is 29.8 Å². The Bertz CT molecular complexity index is 720. The lowest BCUT2D eigenvalue weighted by molar-refractivity contribution is 0.576. The van der Waals surface area contributed by atoms with Crippen LogP contribution in [-0.2, 0) is 6.54 Å². The quantitative estimate of drug-likeness (QED) is 0.789. The molecule has 1 atom stereocenters. The maximum absolute atomic E-state index is 6.03. The third kappa shape index (κ3) is 2.69. The van der Waals surface area contributed by atoms with E-state index >= 15 is 0 Å². The molecule has 0 bridgehead atoms. The summed E-state index contributed by atoms with van der Waals surface area (Å²) in [5, 5.41) is 8.62. The maximum atomic E-state index is 6.03. The van der Waals surface area contributed by atoms with Crippen molar-refractivity contribution in [1.82, 2.24) is 14.9 Å². The molecule has 0 amide bonds. The molecule has 102 valence electrons. The van der Waals surface area contributed by atoms with Crippen molar-refractivity contribution in [3.05, 3.63) is 71.0 Å². The molecule has 1 aromatic carbocycles. The van der Waals surface area contributed by atoms with Crippen LogP contribution >= 0.6 is 11.6 Å². The van der Waals surface area contributed by atoms with Crippen LogP contribution in [-0.4, -0.2) is 9.61 Å². The molecule has 3 nitrogen and oxygen atoms in total. The van der Waals surface area contributed by atoms with E-state index in [0.717, 1.165) is 17.1 Å². The zero-order valence-corrected chi connectivity index (χ0v) is 12.0. The Morgan fingerprint density at radius 1 is 1.25 bits per heavy atom. The van der Waals surface area contributed by atoms with Crippen molar-refractivity contribution in [2.45, 2.75) is 19.5 Å². The maximum Gasteiger partial charge on any atom is 0.0706 e. The number of pyridine rings is 1. The first kappa shape index (κ1) is 13.2. The van der Waals surface area contributed by atoms with Gasteiger partial charge in [-0.25, -0.2) is 4.52 Å². The van der Waals surface area contributed by atoms with Gasteiger partial charge in [0.25, 0.3) is 0 Å². The second-order valence-corrected chi connectivity index (χ2v) is 5.29. The van der Waals surface area contributed by atoms with Gasteiger partial charge in [0.1, 0.15) is 0 Å². The van der Waals surface area contributed by atoms with Crippen molar-refractivity contribution in [3.8, 4) is 0 Å². The molecule has 0 aliphatic rings. The van der Waals surface area contributed by atoms with Gasteiger partial charge < -0.3 is 5.32 Å². The molecule has 0 unspecified atom stereocenters. The number of benzene rings is 1. The molecule has 2 aromatic heterocycles. The summed E-state index contributed by atoms with van der Waals surface area (Å²) in [5.41, 5.74) is 3.52. The van der Waals surface area contributed by atoms with E-state index in [9.17, 15) is 0 Å². The van der Waals surface area contributed by atoms with Crippen LogP contribution in [0.5, 0.6) is 0 Å². The molecule has 3 aromatic rings. The molecule has 0 saturated carbocycles. The Kier molecular flexibility index (Phi) is 3.72. The fourth-order valence-electron chi connectivity index (χ4n) is 2.28. The molecule has 0 spiro atoms. The van der Waals surface area contributed by atoms with Gasteiger partial charge >= 0.3 is 0 Å². The van der Waals surface area contributed by atoms with Gasteiger partial charge in [-0.3, -0.25) is 0 Å². The summed E-state index contributed by atoms with van der Waals surface area (Å²) < 4.78 is 1.89. The van der Waals surface area contributed by atoms with E-state index in [4.69, 9.17) is 11.6 Å². The molecular formula is C16H16ClN3. The Hall–Kier alpha value is -1.84. The summed E-state index contributed by atoms with van der Waals surface area (Å²) in [6, 6.07) is 14.3. The molecule has 0 saturated heterocycles. The molecule has 0 radical (unpaired) electrons. The topological polar surface area (TPSA) is 29.3 Å². The summed E-state index contributed by atoms with van der Waals surface area (Å²) in [6.45, 7) is 2.92. The van der Waals surface area contributed by atoms with Crippen LogP contribution < -0.4 is 5.32 Å². The van der Waals surface area contributed by atoms with Crippen molar-refractivity contribution >= 4 is 17.1 Å². The third-order valence-corrected chi connectivity index (χ3v) is 3.69. The lowest BCUT2D eigenvalue weighted by atomic mass is 10.1. The summed E-state index contributed by atoms with van der Waals surface area (Å²) >= 11 is 6.03. The fourth-order valence-corrected chi connectivity index (χ4v) is 2.48. The summed E-state index contributed by atoms with van der Waals surface area (Å²) in [4.78, 5) is 0. The highest BCUT2D eigenvalue weighted by Gasteiger charge is 2.08. The Labute approximate surface area is 123 Å². The SMILES string of the molecule is C[C@@H](NCc1cnn2ccccc12)c1cccc(Cl)c1. The molecule has 4 heteroatoms. The number of halogens is 1. The normalized spacial score (nSPS) is 12.7. The molecular weight excluding hydrogens is 270 g/mol. The summed E-state index contributed by atoms with van der Waals surface area (Å²) in [7, 11) is 0. The molecule has 0 aliphatic heterocycles. The van der Waals surface area contributed by atoms with Crippen LogP contribution in [0.2, 0.25) is 5.02 Å². The van der Waals surface area contributed by atoms with E-state index in [0.29, 0.717) is 0 Å². The molecule has 1 N–H and O–H groups in total. The van der Waals surface area contributed by atoms with Crippen LogP contribution in [0.15, 0.2) is 54.9 Å². The third-order valence-electron chi connectivity index (χ3n) is 3.45. The van der Waals surface area contributed by atoms with E-state index in [1.165, 1.54) is 11.1 Å². The first-order valence-corrected chi connectivity index (χ1v) is 7.02. The predicted molar refractivity (Wildman–Crippen MR) is 81.9 cm³/mol.